The highest BCUT2D eigenvalue weighted by Crippen LogP contribution is 2.13. The van der Waals surface area contributed by atoms with E-state index < -0.39 is 0 Å². The maximum Gasteiger partial charge on any atom is 0.251 e. The second-order valence-corrected chi connectivity index (χ2v) is 5.39. The molecule has 1 amide bonds. The summed E-state index contributed by atoms with van der Waals surface area (Å²) in [5, 5.41) is 2.88. The number of aryl methyl sites for hydroxylation is 1. The van der Waals surface area contributed by atoms with Gasteiger partial charge in [-0.15, -0.1) is 0 Å². The maximum atomic E-state index is 11.9. The van der Waals surface area contributed by atoms with Gasteiger partial charge in [-0.2, -0.15) is 0 Å². The summed E-state index contributed by atoms with van der Waals surface area (Å²) in [6.07, 6.45) is 3.28. The summed E-state index contributed by atoms with van der Waals surface area (Å²) in [5.74, 6) is -0.0720. The molecule has 0 radical (unpaired) electrons. The van der Waals surface area contributed by atoms with E-state index in [1.54, 1.807) is 18.2 Å². The molecule has 1 aromatic rings. The highest BCUT2D eigenvalue weighted by Gasteiger charge is 2.14. The van der Waals surface area contributed by atoms with E-state index in [9.17, 15) is 4.79 Å². The van der Waals surface area contributed by atoms with Gasteiger partial charge in [0.15, 0.2) is 0 Å². The number of benzene rings is 1. The van der Waals surface area contributed by atoms with Crippen LogP contribution in [0.1, 0.15) is 35.2 Å². The number of hydrogen-bond donors (Lipinski definition) is 2. The van der Waals surface area contributed by atoms with Crippen LogP contribution in [0, 0.1) is 6.92 Å². The third-order valence-corrected chi connectivity index (χ3v) is 3.61. The lowest BCUT2D eigenvalue weighted by molar-refractivity contribution is 0.0166. The molecule has 1 aliphatic heterocycles. The number of amides is 1. The van der Waals surface area contributed by atoms with Gasteiger partial charge in [0, 0.05) is 31.0 Å². The Morgan fingerprint density at radius 2 is 2.38 bits per heavy atom. The van der Waals surface area contributed by atoms with E-state index >= 15 is 0 Å². The summed E-state index contributed by atoms with van der Waals surface area (Å²) in [6, 6.07) is 5.30. The molecule has 1 fully saturated rings. The fourth-order valence-electron chi connectivity index (χ4n) is 2.29. The largest absolute Gasteiger partial charge is 0.399 e. The molecule has 1 heterocycles. The monoisotopic (exact) mass is 292 g/mol. The van der Waals surface area contributed by atoms with Crippen molar-refractivity contribution in [2.45, 2.75) is 32.3 Å². The van der Waals surface area contributed by atoms with Gasteiger partial charge in [-0.1, -0.05) is 0 Å². The maximum absolute atomic E-state index is 11.9. The molecule has 1 unspecified atom stereocenters. The van der Waals surface area contributed by atoms with Gasteiger partial charge in [0.25, 0.3) is 5.91 Å². The molecular formula is C16H24N2O3. The minimum Gasteiger partial charge on any atom is -0.399 e. The van der Waals surface area contributed by atoms with Gasteiger partial charge in [0.05, 0.1) is 12.7 Å². The van der Waals surface area contributed by atoms with Crippen LogP contribution in [0.3, 0.4) is 0 Å². The number of rotatable bonds is 7. The predicted octanol–water partition coefficient (Wildman–Crippen LogP) is 1.89. The van der Waals surface area contributed by atoms with Gasteiger partial charge in [0.1, 0.15) is 0 Å². The second kappa shape index (κ2) is 8.00. The molecule has 5 nitrogen and oxygen atoms in total. The predicted molar refractivity (Wildman–Crippen MR) is 82.3 cm³/mol. The first-order chi connectivity index (χ1) is 10.2. The summed E-state index contributed by atoms with van der Waals surface area (Å²) < 4.78 is 11.0. The van der Waals surface area contributed by atoms with Crippen LogP contribution in [0.15, 0.2) is 18.2 Å². The molecule has 0 spiro atoms. The zero-order chi connectivity index (χ0) is 15.1. The first kappa shape index (κ1) is 15.8. The van der Waals surface area contributed by atoms with Crippen molar-refractivity contribution in [3.8, 4) is 0 Å². The zero-order valence-electron chi connectivity index (χ0n) is 12.6. The Balaban J connectivity index is 1.59. The van der Waals surface area contributed by atoms with Crippen molar-refractivity contribution < 1.29 is 14.3 Å². The SMILES string of the molecule is Cc1cc(C(=O)NCCCOCC2CCCO2)ccc1N. The molecule has 3 N–H and O–H groups in total. The van der Waals surface area contributed by atoms with Crippen molar-refractivity contribution in [2.24, 2.45) is 0 Å². The molecule has 0 bridgehead atoms. The van der Waals surface area contributed by atoms with Crippen molar-refractivity contribution >= 4 is 11.6 Å². The van der Waals surface area contributed by atoms with Crippen molar-refractivity contribution in [1.82, 2.24) is 5.32 Å². The minimum absolute atomic E-state index is 0.0720. The second-order valence-electron chi connectivity index (χ2n) is 5.39. The van der Waals surface area contributed by atoms with Gasteiger partial charge >= 0.3 is 0 Å². The van der Waals surface area contributed by atoms with E-state index in [2.05, 4.69) is 5.32 Å². The molecule has 0 aliphatic carbocycles. The molecular weight excluding hydrogens is 268 g/mol. The van der Waals surface area contributed by atoms with Crippen molar-refractivity contribution in [2.75, 3.05) is 32.1 Å². The topological polar surface area (TPSA) is 73.6 Å². The highest BCUT2D eigenvalue weighted by molar-refractivity contribution is 5.94. The normalized spacial score (nSPS) is 17.9. The Morgan fingerprint density at radius 1 is 1.52 bits per heavy atom. The molecule has 21 heavy (non-hydrogen) atoms. The molecule has 1 aliphatic rings. The van der Waals surface area contributed by atoms with E-state index in [1.165, 1.54) is 0 Å². The van der Waals surface area contributed by atoms with Gasteiger partial charge < -0.3 is 20.5 Å². The van der Waals surface area contributed by atoms with Crippen molar-refractivity contribution in [1.29, 1.82) is 0 Å². The minimum atomic E-state index is -0.0720. The molecule has 116 valence electrons. The van der Waals surface area contributed by atoms with Crippen LogP contribution in [0.5, 0.6) is 0 Å². The number of nitrogens with two attached hydrogens (primary N) is 1. The summed E-state index contributed by atoms with van der Waals surface area (Å²) in [5.41, 5.74) is 8.00. The molecule has 0 saturated carbocycles. The Morgan fingerprint density at radius 3 is 3.10 bits per heavy atom. The molecule has 2 rings (SSSR count). The van der Waals surface area contributed by atoms with Crippen LogP contribution in [-0.4, -0.2) is 38.4 Å². The highest BCUT2D eigenvalue weighted by atomic mass is 16.5. The standard InChI is InChI=1S/C16H24N2O3/c1-12-10-13(5-6-15(12)17)16(19)18-7-3-8-20-11-14-4-2-9-21-14/h5-6,10,14H,2-4,7-9,11,17H2,1H3,(H,18,19). The van der Waals surface area contributed by atoms with Gasteiger partial charge in [-0.05, 0) is 49.9 Å². The van der Waals surface area contributed by atoms with Crippen LogP contribution in [-0.2, 0) is 9.47 Å². The molecule has 0 aromatic heterocycles. The quantitative estimate of drug-likeness (QED) is 0.594. The van der Waals surface area contributed by atoms with Gasteiger partial charge in [-0.3, -0.25) is 4.79 Å². The van der Waals surface area contributed by atoms with E-state index in [0.717, 1.165) is 31.4 Å². The van der Waals surface area contributed by atoms with Crippen LogP contribution < -0.4 is 11.1 Å². The van der Waals surface area contributed by atoms with E-state index in [1.807, 2.05) is 6.92 Å². The lowest BCUT2D eigenvalue weighted by atomic mass is 10.1. The van der Waals surface area contributed by atoms with Gasteiger partial charge in [-0.25, -0.2) is 0 Å². The average Bonchev–Trinajstić information content (AvgIpc) is 2.98. The van der Waals surface area contributed by atoms with Crippen LogP contribution in [0.4, 0.5) is 5.69 Å². The fraction of sp³-hybridized carbons (Fsp3) is 0.562. The van der Waals surface area contributed by atoms with Crippen LogP contribution in [0.2, 0.25) is 0 Å². The van der Waals surface area contributed by atoms with Crippen LogP contribution >= 0.6 is 0 Å². The first-order valence-electron chi connectivity index (χ1n) is 7.50. The summed E-state index contributed by atoms with van der Waals surface area (Å²) >= 11 is 0. The molecule has 5 heteroatoms. The summed E-state index contributed by atoms with van der Waals surface area (Å²) in [6.45, 7) is 4.65. The smallest absolute Gasteiger partial charge is 0.251 e. The van der Waals surface area contributed by atoms with Crippen molar-refractivity contribution in [3.05, 3.63) is 29.3 Å². The Labute approximate surface area is 125 Å². The Bertz CT molecular complexity index is 471. The number of anilines is 1. The van der Waals surface area contributed by atoms with Gasteiger partial charge in [0.2, 0.25) is 0 Å². The average molecular weight is 292 g/mol. The lowest BCUT2D eigenvalue weighted by Gasteiger charge is -2.10. The number of nitrogens with one attached hydrogen (secondary N) is 1. The molecule has 1 atom stereocenters. The van der Waals surface area contributed by atoms with E-state index in [0.29, 0.717) is 31.0 Å². The summed E-state index contributed by atoms with van der Waals surface area (Å²) in [4.78, 5) is 11.9. The number of nitrogen functional groups attached to an aromatic ring is 1. The number of ether oxygens (including phenoxy) is 2. The zero-order valence-corrected chi connectivity index (χ0v) is 12.6. The van der Waals surface area contributed by atoms with Crippen molar-refractivity contribution in [3.63, 3.8) is 0 Å². The van der Waals surface area contributed by atoms with E-state index in [-0.39, 0.29) is 12.0 Å². The third kappa shape index (κ3) is 5.02. The lowest BCUT2D eigenvalue weighted by Crippen LogP contribution is -2.25. The van der Waals surface area contributed by atoms with Crippen LogP contribution in [0.25, 0.3) is 0 Å². The molecule has 1 saturated heterocycles. The number of carbonyl (C=O) groups is 1. The number of carbonyl (C=O) groups excluding carboxylic acids is 1. The third-order valence-electron chi connectivity index (χ3n) is 3.61. The first-order valence-corrected chi connectivity index (χ1v) is 7.50. The fourth-order valence-corrected chi connectivity index (χ4v) is 2.29. The Kier molecular flexibility index (Phi) is 6.02. The van der Waals surface area contributed by atoms with E-state index in [4.69, 9.17) is 15.2 Å². The summed E-state index contributed by atoms with van der Waals surface area (Å²) in [7, 11) is 0. The number of hydrogen-bond acceptors (Lipinski definition) is 4. The molecule has 1 aromatic carbocycles. The Hall–Kier alpha value is -1.59.